The molecule has 1 aliphatic rings. The van der Waals surface area contributed by atoms with Crippen molar-refractivity contribution in [3.63, 3.8) is 0 Å². The lowest BCUT2D eigenvalue weighted by atomic mass is 9.69. The van der Waals surface area contributed by atoms with E-state index in [1.807, 2.05) is 30.3 Å². The van der Waals surface area contributed by atoms with E-state index in [9.17, 15) is 5.11 Å². The SMILES string of the molecule is COc1cccc(C2(O)CCC(=Cc3ccccc3)CC2CN(C)C)c1. The molecule has 0 spiro atoms. The first kappa shape index (κ1) is 18.7. The maximum atomic E-state index is 11.6. The van der Waals surface area contributed by atoms with Gasteiger partial charge in [-0.25, -0.2) is 0 Å². The Balaban J connectivity index is 1.90. The molecular formula is C23H29NO2. The number of methoxy groups -OCH3 is 1. The number of hydrogen-bond donors (Lipinski definition) is 1. The van der Waals surface area contributed by atoms with Crippen LogP contribution in [0.25, 0.3) is 6.08 Å². The van der Waals surface area contributed by atoms with Crippen molar-refractivity contribution in [1.82, 2.24) is 4.90 Å². The van der Waals surface area contributed by atoms with Crippen molar-refractivity contribution in [1.29, 1.82) is 0 Å². The summed E-state index contributed by atoms with van der Waals surface area (Å²) >= 11 is 0. The lowest BCUT2D eigenvalue weighted by Crippen LogP contribution is -2.43. The second-order valence-corrected chi connectivity index (χ2v) is 7.53. The molecule has 0 amide bonds. The van der Waals surface area contributed by atoms with Gasteiger partial charge in [0.1, 0.15) is 5.75 Å². The number of ether oxygens (including phenoxy) is 1. The largest absolute Gasteiger partial charge is 0.497 e. The van der Waals surface area contributed by atoms with Crippen molar-refractivity contribution < 1.29 is 9.84 Å². The van der Waals surface area contributed by atoms with Crippen LogP contribution in [-0.2, 0) is 5.60 Å². The molecule has 2 unspecified atom stereocenters. The topological polar surface area (TPSA) is 32.7 Å². The molecule has 0 saturated heterocycles. The molecular weight excluding hydrogens is 322 g/mol. The highest BCUT2D eigenvalue weighted by Crippen LogP contribution is 2.45. The summed E-state index contributed by atoms with van der Waals surface area (Å²) in [6.07, 6.45) is 4.83. The molecule has 26 heavy (non-hydrogen) atoms. The highest BCUT2D eigenvalue weighted by Gasteiger charge is 2.42. The summed E-state index contributed by atoms with van der Waals surface area (Å²) in [6.45, 7) is 0.847. The number of allylic oxidation sites excluding steroid dienone is 1. The Bertz CT molecular complexity index is 754. The molecule has 138 valence electrons. The van der Waals surface area contributed by atoms with E-state index < -0.39 is 5.60 Å². The van der Waals surface area contributed by atoms with Gasteiger partial charge in [-0.2, -0.15) is 0 Å². The fourth-order valence-corrected chi connectivity index (χ4v) is 3.99. The molecule has 2 aromatic carbocycles. The third-order valence-corrected chi connectivity index (χ3v) is 5.34. The molecule has 0 bridgehead atoms. The van der Waals surface area contributed by atoms with Crippen molar-refractivity contribution in [2.24, 2.45) is 5.92 Å². The zero-order chi connectivity index (χ0) is 18.6. The first-order valence-electron chi connectivity index (χ1n) is 9.27. The molecule has 3 nitrogen and oxygen atoms in total. The van der Waals surface area contributed by atoms with Crippen LogP contribution in [0, 0.1) is 5.92 Å². The summed E-state index contributed by atoms with van der Waals surface area (Å²) in [5.41, 5.74) is 2.78. The minimum atomic E-state index is -0.827. The molecule has 2 atom stereocenters. The van der Waals surface area contributed by atoms with E-state index in [2.05, 4.69) is 49.3 Å². The molecule has 1 N–H and O–H groups in total. The van der Waals surface area contributed by atoms with Gasteiger partial charge in [-0.1, -0.05) is 54.1 Å². The average molecular weight is 351 g/mol. The van der Waals surface area contributed by atoms with Gasteiger partial charge in [0.25, 0.3) is 0 Å². The Morgan fingerprint density at radius 2 is 1.92 bits per heavy atom. The first-order chi connectivity index (χ1) is 12.5. The Kier molecular flexibility index (Phi) is 5.80. The lowest BCUT2D eigenvalue weighted by Gasteiger charge is -2.42. The summed E-state index contributed by atoms with van der Waals surface area (Å²) in [7, 11) is 5.81. The maximum absolute atomic E-state index is 11.6. The maximum Gasteiger partial charge on any atom is 0.119 e. The van der Waals surface area contributed by atoms with Crippen LogP contribution < -0.4 is 4.74 Å². The molecule has 0 heterocycles. The second-order valence-electron chi connectivity index (χ2n) is 7.53. The van der Waals surface area contributed by atoms with Crippen LogP contribution in [0.2, 0.25) is 0 Å². The standard InChI is InChI=1S/C23H29NO2/c1-24(2)17-21-15-19(14-18-8-5-4-6-9-18)12-13-23(21,25)20-10-7-11-22(16-20)26-3/h4-11,14,16,21,25H,12-13,15,17H2,1-3H3. The van der Waals surface area contributed by atoms with Gasteiger partial charge < -0.3 is 14.7 Å². The number of benzene rings is 2. The van der Waals surface area contributed by atoms with Gasteiger partial charge >= 0.3 is 0 Å². The number of rotatable bonds is 5. The average Bonchev–Trinajstić information content (AvgIpc) is 2.65. The number of aliphatic hydroxyl groups is 1. The van der Waals surface area contributed by atoms with Gasteiger partial charge in [-0.15, -0.1) is 0 Å². The van der Waals surface area contributed by atoms with Gasteiger partial charge in [-0.05, 0) is 56.6 Å². The fraction of sp³-hybridized carbons (Fsp3) is 0.391. The molecule has 1 aliphatic carbocycles. The Morgan fingerprint density at radius 3 is 2.62 bits per heavy atom. The van der Waals surface area contributed by atoms with Crippen molar-refractivity contribution in [2.75, 3.05) is 27.7 Å². The predicted octanol–water partition coefficient (Wildman–Crippen LogP) is 4.33. The summed E-state index contributed by atoms with van der Waals surface area (Å²) in [4.78, 5) is 2.17. The van der Waals surface area contributed by atoms with E-state index in [0.717, 1.165) is 37.1 Å². The van der Waals surface area contributed by atoms with Crippen LogP contribution in [0.5, 0.6) is 5.75 Å². The number of hydrogen-bond acceptors (Lipinski definition) is 3. The van der Waals surface area contributed by atoms with Crippen LogP contribution in [0.1, 0.15) is 30.4 Å². The van der Waals surface area contributed by atoms with Crippen molar-refractivity contribution in [3.8, 4) is 5.75 Å². The highest BCUT2D eigenvalue weighted by molar-refractivity contribution is 5.53. The zero-order valence-corrected chi connectivity index (χ0v) is 16.0. The monoisotopic (exact) mass is 351 g/mol. The van der Waals surface area contributed by atoms with Crippen LogP contribution >= 0.6 is 0 Å². The minimum absolute atomic E-state index is 0.147. The molecule has 0 aromatic heterocycles. The molecule has 0 radical (unpaired) electrons. The molecule has 2 aromatic rings. The number of nitrogens with zero attached hydrogens (tertiary/aromatic N) is 1. The van der Waals surface area contributed by atoms with Crippen LogP contribution in [0.15, 0.2) is 60.2 Å². The highest BCUT2D eigenvalue weighted by atomic mass is 16.5. The van der Waals surface area contributed by atoms with Crippen molar-refractivity contribution in [3.05, 3.63) is 71.3 Å². The van der Waals surface area contributed by atoms with Gasteiger partial charge in [-0.3, -0.25) is 0 Å². The van der Waals surface area contributed by atoms with E-state index >= 15 is 0 Å². The Labute approximate surface area is 156 Å². The molecule has 1 fully saturated rings. The lowest BCUT2D eigenvalue weighted by molar-refractivity contribution is -0.0509. The molecule has 1 saturated carbocycles. The zero-order valence-electron chi connectivity index (χ0n) is 16.0. The third kappa shape index (κ3) is 4.17. The van der Waals surface area contributed by atoms with E-state index in [4.69, 9.17) is 4.74 Å². The van der Waals surface area contributed by atoms with E-state index in [-0.39, 0.29) is 5.92 Å². The Hall–Kier alpha value is -2.10. The van der Waals surface area contributed by atoms with Crippen LogP contribution in [0.4, 0.5) is 0 Å². The van der Waals surface area contributed by atoms with Crippen molar-refractivity contribution in [2.45, 2.75) is 24.9 Å². The third-order valence-electron chi connectivity index (χ3n) is 5.34. The van der Waals surface area contributed by atoms with Crippen LogP contribution in [-0.4, -0.2) is 37.8 Å². The van der Waals surface area contributed by atoms with E-state index in [1.165, 1.54) is 11.1 Å². The summed E-state index contributed by atoms with van der Waals surface area (Å²) in [6, 6.07) is 18.3. The first-order valence-corrected chi connectivity index (χ1v) is 9.27. The van der Waals surface area contributed by atoms with E-state index in [0.29, 0.717) is 0 Å². The molecule has 3 rings (SSSR count). The summed E-state index contributed by atoms with van der Waals surface area (Å²) in [5, 5.41) is 11.6. The van der Waals surface area contributed by atoms with Crippen LogP contribution in [0.3, 0.4) is 0 Å². The minimum Gasteiger partial charge on any atom is -0.497 e. The smallest absolute Gasteiger partial charge is 0.119 e. The summed E-state index contributed by atoms with van der Waals surface area (Å²) in [5.74, 6) is 0.943. The van der Waals surface area contributed by atoms with Gasteiger partial charge in [0.2, 0.25) is 0 Å². The quantitative estimate of drug-likeness (QED) is 0.870. The van der Waals surface area contributed by atoms with Gasteiger partial charge in [0.05, 0.1) is 12.7 Å². The fourth-order valence-electron chi connectivity index (χ4n) is 3.99. The predicted molar refractivity (Wildman–Crippen MR) is 107 cm³/mol. The summed E-state index contributed by atoms with van der Waals surface area (Å²) < 4.78 is 5.37. The Morgan fingerprint density at radius 1 is 1.15 bits per heavy atom. The second kappa shape index (κ2) is 8.07. The normalized spacial score (nSPS) is 24.8. The van der Waals surface area contributed by atoms with Gasteiger partial charge in [0, 0.05) is 12.5 Å². The van der Waals surface area contributed by atoms with E-state index in [1.54, 1.807) is 7.11 Å². The molecule has 3 heteroatoms. The molecule has 0 aliphatic heterocycles. The van der Waals surface area contributed by atoms with Crippen molar-refractivity contribution >= 4 is 6.08 Å². The van der Waals surface area contributed by atoms with Gasteiger partial charge in [0.15, 0.2) is 0 Å².